The molecule has 3 heteroatoms. The molecule has 16 heavy (non-hydrogen) atoms. The van der Waals surface area contributed by atoms with Crippen LogP contribution in [0.4, 0.5) is 4.39 Å². The molecular formula is C13H19FN2. The molecule has 1 aliphatic rings. The molecule has 1 saturated carbocycles. The van der Waals surface area contributed by atoms with Gasteiger partial charge in [0.1, 0.15) is 5.82 Å². The van der Waals surface area contributed by atoms with Crippen LogP contribution in [0.1, 0.15) is 42.9 Å². The Kier molecular flexibility index (Phi) is 3.56. The molecule has 0 spiro atoms. The molecule has 0 aliphatic heterocycles. The van der Waals surface area contributed by atoms with Crippen molar-refractivity contribution in [2.45, 2.75) is 38.6 Å². The molecule has 0 saturated heterocycles. The fraction of sp³-hybridized carbons (Fsp3) is 0.538. The summed E-state index contributed by atoms with van der Waals surface area (Å²) in [7, 11) is 0. The standard InChI is InChI=1S/C13H19FN2/c1-9-7-11(14)5-6-12(9)13(16-15)8-10-3-2-4-10/h5-7,10,13,16H,2-4,8,15H2,1H3. The maximum absolute atomic E-state index is 13.0. The molecular weight excluding hydrogens is 203 g/mol. The molecule has 88 valence electrons. The van der Waals surface area contributed by atoms with E-state index in [1.54, 1.807) is 6.07 Å². The molecule has 1 atom stereocenters. The summed E-state index contributed by atoms with van der Waals surface area (Å²) in [6.07, 6.45) is 5.00. The van der Waals surface area contributed by atoms with E-state index in [0.717, 1.165) is 23.5 Å². The van der Waals surface area contributed by atoms with Gasteiger partial charge >= 0.3 is 0 Å². The van der Waals surface area contributed by atoms with E-state index < -0.39 is 0 Å². The zero-order valence-corrected chi connectivity index (χ0v) is 9.67. The summed E-state index contributed by atoms with van der Waals surface area (Å²) in [5, 5.41) is 0. The summed E-state index contributed by atoms with van der Waals surface area (Å²) >= 11 is 0. The molecule has 1 aromatic carbocycles. The summed E-state index contributed by atoms with van der Waals surface area (Å²) in [5.41, 5.74) is 4.95. The van der Waals surface area contributed by atoms with E-state index in [1.807, 2.05) is 13.0 Å². The van der Waals surface area contributed by atoms with E-state index in [-0.39, 0.29) is 11.9 Å². The highest BCUT2D eigenvalue weighted by Gasteiger charge is 2.23. The largest absolute Gasteiger partial charge is 0.271 e. The van der Waals surface area contributed by atoms with Crippen molar-refractivity contribution in [1.29, 1.82) is 0 Å². The lowest BCUT2D eigenvalue weighted by atomic mass is 9.79. The Bertz CT molecular complexity index is 361. The molecule has 0 heterocycles. The fourth-order valence-electron chi connectivity index (χ4n) is 2.38. The summed E-state index contributed by atoms with van der Waals surface area (Å²) in [5.74, 6) is 6.20. The van der Waals surface area contributed by atoms with Crippen LogP contribution in [0.25, 0.3) is 0 Å². The minimum absolute atomic E-state index is 0.158. The quantitative estimate of drug-likeness (QED) is 0.607. The van der Waals surface area contributed by atoms with Gasteiger partial charge in [-0.3, -0.25) is 11.3 Å². The van der Waals surface area contributed by atoms with Gasteiger partial charge in [-0.2, -0.15) is 0 Å². The molecule has 1 aliphatic carbocycles. The van der Waals surface area contributed by atoms with Gasteiger partial charge in [0.15, 0.2) is 0 Å². The van der Waals surface area contributed by atoms with Gasteiger partial charge in [0.25, 0.3) is 0 Å². The molecule has 2 rings (SSSR count). The first-order valence-electron chi connectivity index (χ1n) is 5.93. The van der Waals surface area contributed by atoms with Gasteiger partial charge in [-0.1, -0.05) is 25.3 Å². The van der Waals surface area contributed by atoms with Gasteiger partial charge in [-0.25, -0.2) is 4.39 Å². The monoisotopic (exact) mass is 222 g/mol. The molecule has 0 amide bonds. The minimum atomic E-state index is -0.180. The van der Waals surface area contributed by atoms with Gasteiger partial charge in [-0.15, -0.1) is 0 Å². The molecule has 3 N–H and O–H groups in total. The summed E-state index contributed by atoms with van der Waals surface area (Å²) < 4.78 is 13.0. The average molecular weight is 222 g/mol. The maximum atomic E-state index is 13.0. The number of aryl methyl sites for hydroxylation is 1. The van der Waals surface area contributed by atoms with Crippen LogP contribution in [0.5, 0.6) is 0 Å². The van der Waals surface area contributed by atoms with Gasteiger partial charge < -0.3 is 0 Å². The van der Waals surface area contributed by atoms with E-state index in [9.17, 15) is 4.39 Å². The maximum Gasteiger partial charge on any atom is 0.123 e. The number of hydrogen-bond donors (Lipinski definition) is 2. The van der Waals surface area contributed by atoms with Crippen LogP contribution in [0.2, 0.25) is 0 Å². The van der Waals surface area contributed by atoms with Gasteiger partial charge in [0.2, 0.25) is 0 Å². The van der Waals surface area contributed by atoms with Crippen LogP contribution in [0, 0.1) is 18.7 Å². The van der Waals surface area contributed by atoms with Gasteiger partial charge in [-0.05, 0) is 42.5 Å². The lowest BCUT2D eigenvalue weighted by Crippen LogP contribution is -2.31. The molecule has 1 fully saturated rings. The predicted octanol–water partition coefficient (Wildman–Crippen LogP) is 2.83. The molecule has 0 radical (unpaired) electrons. The van der Waals surface area contributed by atoms with Crippen molar-refractivity contribution in [3.63, 3.8) is 0 Å². The molecule has 0 bridgehead atoms. The van der Waals surface area contributed by atoms with Crippen LogP contribution >= 0.6 is 0 Å². The molecule has 0 aromatic heterocycles. The zero-order chi connectivity index (χ0) is 11.5. The lowest BCUT2D eigenvalue weighted by molar-refractivity contribution is 0.261. The molecule has 2 nitrogen and oxygen atoms in total. The van der Waals surface area contributed by atoms with Crippen molar-refractivity contribution < 1.29 is 4.39 Å². The normalized spacial score (nSPS) is 18.2. The van der Waals surface area contributed by atoms with Crippen LogP contribution in [-0.4, -0.2) is 0 Å². The third-order valence-corrected chi connectivity index (χ3v) is 3.60. The Labute approximate surface area is 96.0 Å². The van der Waals surface area contributed by atoms with Crippen LogP contribution < -0.4 is 11.3 Å². The second-order valence-electron chi connectivity index (χ2n) is 4.75. The van der Waals surface area contributed by atoms with Crippen molar-refractivity contribution >= 4 is 0 Å². The summed E-state index contributed by atoms with van der Waals surface area (Å²) in [6, 6.07) is 5.08. The van der Waals surface area contributed by atoms with Crippen molar-refractivity contribution in [2.75, 3.05) is 0 Å². The number of rotatable bonds is 4. The minimum Gasteiger partial charge on any atom is -0.271 e. The molecule has 1 unspecified atom stereocenters. The van der Waals surface area contributed by atoms with E-state index in [0.29, 0.717) is 0 Å². The second-order valence-corrected chi connectivity index (χ2v) is 4.75. The number of hydrogen-bond acceptors (Lipinski definition) is 2. The number of nitrogens with one attached hydrogen (secondary N) is 1. The summed E-state index contributed by atoms with van der Waals surface area (Å²) in [4.78, 5) is 0. The van der Waals surface area contributed by atoms with Crippen molar-refractivity contribution in [3.05, 3.63) is 35.1 Å². The number of halogens is 1. The predicted molar refractivity (Wildman–Crippen MR) is 63.2 cm³/mol. The highest BCUT2D eigenvalue weighted by atomic mass is 19.1. The third-order valence-electron chi connectivity index (χ3n) is 3.60. The Hall–Kier alpha value is -0.930. The van der Waals surface area contributed by atoms with Crippen molar-refractivity contribution in [2.24, 2.45) is 11.8 Å². The SMILES string of the molecule is Cc1cc(F)ccc1C(CC1CCC1)NN. The fourth-order valence-corrected chi connectivity index (χ4v) is 2.38. The van der Waals surface area contributed by atoms with Crippen molar-refractivity contribution in [3.8, 4) is 0 Å². The highest BCUT2D eigenvalue weighted by molar-refractivity contribution is 5.29. The van der Waals surface area contributed by atoms with Crippen LogP contribution in [0.3, 0.4) is 0 Å². The number of nitrogens with two attached hydrogens (primary N) is 1. The van der Waals surface area contributed by atoms with Crippen LogP contribution in [-0.2, 0) is 0 Å². The Morgan fingerprint density at radius 3 is 2.75 bits per heavy atom. The van der Waals surface area contributed by atoms with E-state index in [2.05, 4.69) is 5.43 Å². The number of hydrazine groups is 1. The van der Waals surface area contributed by atoms with E-state index >= 15 is 0 Å². The van der Waals surface area contributed by atoms with Crippen molar-refractivity contribution in [1.82, 2.24) is 5.43 Å². The van der Waals surface area contributed by atoms with E-state index in [4.69, 9.17) is 5.84 Å². The number of benzene rings is 1. The van der Waals surface area contributed by atoms with Gasteiger partial charge in [0, 0.05) is 6.04 Å². The zero-order valence-electron chi connectivity index (χ0n) is 9.67. The lowest BCUT2D eigenvalue weighted by Gasteiger charge is -2.30. The summed E-state index contributed by atoms with van der Waals surface area (Å²) in [6.45, 7) is 1.93. The smallest absolute Gasteiger partial charge is 0.123 e. The van der Waals surface area contributed by atoms with Crippen LogP contribution in [0.15, 0.2) is 18.2 Å². The van der Waals surface area contributed by atoms with Gasteiger partial charge in [0.05, 0.1) is 0 Å². The first-order chi connectivity index (χ1) is 7.70. The Morgan fingerprint density at radius 1 is 1.50 bits per heavy atom. The Balaban J connectivity index is 2.11. The van der Waals surface area contributed by atoms with E-state index in [1.165, 1.54) is 25.3 Å². The first kappa shape index (κ1) is 11.6. The molecule has 1 aromatic rings. The Morgan fingerprint density at radius 2 is 2.25 bits per heavy atom. The topological polar surface area (TPSA) is 38.0 Å². The average Bonchev–Trinajstić information content (AvgIpc) is 2.18. The third kappa shape index (κ3) is 2.42. The highest BCUT2D eigenvalue weighted by Crippen LogP contribution is 2.35. The first-order valence-corrected chi connectivity index (χ1v) is 5.93. The second kappa shape index (κ2) is 4.93.